The molecule has 2 aromatic rings. The molecule has 0 aliphatic carbocycles. The first-order valence-corrected chi connectivity index (χ1v) is 14.0. The topological polar surface area (TPSA) is 59.7 Å². The van der Waals surface area contributed by atoms with Crippen molar-refractivity contribution >= 4 is 0 Å². The van der Waals surface area contributed by atoms with Crippen LogP contribution in [0.4, 0.5) is 22.0 Å². The van der Waals surface area contributed by atoms with E-state index in [1.807, 2.05) is 23.6 Å². The molecule has 0 bridgehead atoms. The number of rotatable bonds is 9. The first kappa shape index (κ1) is 32.9. The van der Waals surface area contributed by atoms with Crippen LogP contribution in [0.1, 0.15) is 62.9 Å². The molecule has 1 atom stereocenters. The fourth-order valence-electron chi connectivity index (χ4n) is 5.01. The Balaban J connectivity index is 0.000000228. The molecule has 4 rings (SSSR count). The van der Waals surface area contributed by atoms with Gasteiger partial charge in [-0.25, -0.2) is 8.78 Å². The summed E-state index contributed by atoms with van der Waals surface area (Å²) in [6.45, 7) is 11.2. The number of halogens is 5. The maximum absolute atomic E-state index is 13.6. The average Bonchev–Trinajstić information content (AvgIpc) is 3.28. The Bertz CT molecular complexity index is 1270. The second-order valence-corrected chi connectivity index (χ2v) is 11.4. The third-order valence-electron chi connectivity index (χ3n) is 7.52. The normalized spacial score (nSPS) is 18.6. The number of ether oxygens (including phenoxy) is 1. The van der Waals surface area contributed by atoms with Crippen molar-refractivity contribution in [2.75, 3.05) is 46.4 Å². The van der Waals surface area contributed by atoms with Crippen LogP contribution in [0, 0.1) is 5.82 Å². The van der Waals surface area contributed by atoms with Crippen molar-refractivity contribution in [3.63, 3.8) is 0 Å². The molecule has 2 saturated heterocycles. The molecule has 0 spiro atoms. The largest absolute Gasteiger partial charge is 0.416 e. The summed E-state index contributed by atoms with van der Waals surface area (Å²) in [7, 11) is 1.63. The summed E-state index contributed by atoms with van der Waals surface area (Å²) in [6, 6.07) is 1.77. The van der Waals surface area contributed by atoms with Gasteiger partial charge in [-0.1, -0.05) is 0 Å². The maximum atomic E-state index is 13.6. The first-order valence-electron chi connectivity index (χ1n) is 14.0. The minimum Gasteiger partial charge on any atom is -0.379 e. The van der Waals surface area contributed by atoms with Crippen molar-refractivity contribution in [1.29, 1.82) is 0 Å². The van der Waals surface area contributed by atoms with Gasteiger partial charge in [-0.15, -0.1) is 0 Å². The van der Waals surface area contributed by atoms with Crippen LogP contribution < -0.4 is 11.1 Å². The molecule has 230 valence electrons. The molecule has 2 aromatic heterocycles. The van der Waals surface area contributed by atoms with Gasteiger partial charge in [-0.2, -0.15) is 13.2 Å². The highest BCUT2D eigenvalue weighted by Crippen LogP contribution is 2.32. The van der Waals surface area contributed by atoms with Crippen LogP contribution in [0.2, 0.25) is 0 Å². The van der Waals surface area contributed by atoms with E-state index < -0.39 is 34.8 Å². The average molecular weight is 589 g/mol. The Labute approximate surface area is 237 Å². The van der Waals surface area contributed by atoms with Gasteiger partial charge >= 0.3 is 6.18 Å². The smallest absolute Gasteiger partial charge is 0.379 e. The Hall–Kier alpha value is -2.57. The van der Waals surface area contributed by atoms with Crippen molar-refractivity contribution < 1.29 is 26.7 Å². The lowest BCUT2D eigenvalue weighted by Crippen LogP contribution is -2.52. The lowest BCUT2D eigenvalue weighted by Gasteiger charge is -2.38. The molecule has 12 heteroatoms. The van der Waals surface area contributed by atoms with E-state index in [1.54, 1.807) is 27.2 Å². The van der Waals surface area contributed by atoms with E-state index in [4.69, 9.17) is 4.74 Å². The number of alkyl halides is 4. The van der Waals surface area contributed by atoms with E-state index >= 15 is 0 Å². The van der Waals surface area contributed by atoms with Crippen LogP contribution in [0.3, 0.4) is 0 Å². The Morgan fingerprint density at radius 2 is 1.56 bits per heavy atom. The second kappa shape index (κ2) is 14.1. The van der Waals surface area contributed by atoms with Gasteiger partial charge in [-0.05, 0) is 64.2 Å². The van der Waals surface area contributed by atoms with Crippen molar-refractivity contribution in [2.24, 2.45) is 0 Å². The van der Waals surface area contributed by atoms with Crippen molar-refractivity contribution in [1.82, 2.24) is 18.9 Å². The van der Waals surface area contributed by atoms with Gasteiger partial charge in [0, 0.05) is 76.9 Å². The summed E-state index contributed by atoms with van der Waals surface area (Å²) in [4.78, 5) is 27.5. The van der Waals surface area contributed by atoms with Crippen LogP contribution in [0.5, 0.6) is 0 Å². The summed E-state index contributed by atoms with van der Waals surface area (Å²) in [6.07, 6.45) is -0.528. The van der Waals surface area contributed by atoms with Crippen molar-refractivity contribution in [3.05, 3.63) is 67.7 Å². The number of likely N-dealkylation sites (tertiary alicyclic amines) is 2. The summed E-state index contributed by atoms with van der Waals surface area (Å²) in [5.74, 6) is -0.712. The Morgan fingerprint density at radius 3 is 2.10 bits per heavy atom. The number of methoxy groups -OCH3 is 1. The van der Waals surface area contributed by atoms with Gasteiger partial charge in [0.05, 0.1) is 11.7 Å². The quantitative estimate of drug-likeness (QED) is 0.405. The third-order valence-corrected chi connectivity index (χ3v) is 7.52. The minimum absolute atomic E-state index is 0.0658. The molecule has 0 saturated carbocycles. The van der Waals surface area contributed by atoms with E-state index in [9.17, 15) is 31.5 Å². The maximum Gasteiger partial charge on any atom is 0.416 e. The molecule has 2 aliphatic rings. The standard InChI is InChI=1S/C15H21F3N2O2.C14H20F2N2O/c1-10(2)20-7-11(4-5-19-8-12(9-19)22-3)13(6-14(20)21)15(16,17)18;1-10(2)18-8-11(7-13(16)14(18)19)3-5-17-6-4-12(15)9-17/h6-7,10,12H,4-5,8-9H2,1-3H3;7-8,10,12H,3-6,9H2,1-2H3. The molecular formula is C29H41F5N4O3. The van der Waals surface area contributed by atoms with E-state index in [-0.39, 0.29) is 30.2 Å². The SMILES string of the molecule is CC(C)n1cc(CCN2CCC(F)C2)cc(F)c1=O.COC1CN(CCc2cn(C(C)C)c(=O)cc2C(F)(F)F)C1. The minimum atomic E-state index is -4.51. The Morgan fingerprint density at radius 1 is 0.927 bits per heavy atom. The van der Waals surface area contributed by atoms with Gasteiger partial charge in [0.2, 0.25) is 0 Å². The molecule has 2 fully saturated rings. The summed E-state index contributed by atoms with van der Waals surface area (Å²) in [5.41, 5.74) is -1.06. The van der Waals surface area contributed by atoms with Gasteiger partial charge in [0.1, 0.15) is 6.17 Å². The van der Waals surface area contributed by atoms with Crippen LogP contribution in [0.15, 0.2) is 34.1 Å². The second-order valence-electron chi connectivity index (χ2n) is 11.4. The zero-order chi connectivity index (χ0) is 30.5. The number of hydrogen-bond donors (Lipinski definition) is 0. The monoisotopic (exact) mass is 588 g/mol. The van der Waals surface area contributed by atoms with E-state index in [0.717, 1.165) is 25.2 Å². The molecule has 0 radical (unpaired) electrons. The van der Waals surface area contributed by atoms with E-state index in [0.29, 0.717) is 38.5 Å². The highest BCUT2D eigenvalue weighted by atomic mass is 19.4. The molecule has 0 N–H and O–H groups in total. The zero-order valence-electron chi connectivity index (χ0n) is 24.4. The molecular weight excluding hydrogens is 547 g/mol. The van der Waals surface area contributed by atoms with Crippen molar-refractivity contribution in [2.45, 2.75) is 77.5 Å². The molecule has 1 unspecified atom stereocenters. The molecule has 7 nitrogen and oxygen atoms in total. The van der Waals surface area contributed by atoms with Gasteiger partial charge in [0.15, 0.2) is 5.82 Å². The molecule has 41 heavy (non-hydrogen) atoms. The highest BCUT2D eigenvalue weighted by Gasteiger charge is 2.35. The van der Waals surface area contributed by atoms with Crippen LogP contribution >= 0.6 is 0 Å². The van der Waals surface area contributed by atoms with Crippen molar-refractivity contribution in [3.8, 4) is 0 Å². The summed E-state index contributed by atoms with van der Waals surface area (Å²) >= 11 is 0. The Kier molecular flexibility index (Phi) is 11.3. The number of hydrogen-bond acceptors (Lipinski definition) is 5. The third kappa shape index (κ3) is 8.96. The lowest BCUT2D eigenvalue weighted by atomic mass is 10.0. The molecule has 0 amide bonds. The molecule has 4 heterocycles. The van der Waals surface area contributed by atoms with Gasteiger partial charge < -0.3 is 18.8 Å². The fourth-order valence-corrected chi connectivity index (χ4v) is 5.01. The summed E-state index contributed by atoms with van der Waals surface area (Å²) in [5, 5.41) is 0. The van der Waals surface area contributed by atoms with Crippen LogP contribution in [0.25, 0.3) is 0 Å². The van der Waals surface area contributed by atoms with Crippen LogP contribution in [-0.4, -0.2) is 77.6 Å². The predicted molar refractivity (Wildman–Crippen MR) is 148 cm³/mol. The number of pyridine rings is 2. The summed E-state index contributed by atoms with van der Waals surface area (Å²) < 4.78 is 73.8. The fraction of sp³-hybridized carbons (Fsp3) is 0.655. The zero-order valence-corrected chi connectivity index (χ0v) is 24.4. The number of aromatic nitrogens is 2. The number of nitrogens with zero attached hydrogens (tertiary/aromatic N) is 4. The van der Waals surface area contributed by atoms with Gasteiger partial charge in [-0.3, -0.25) is 14.5 Å². The predicted octanol–water partition coefficient (Wildman–Crippen LogP) is 4.48. The van der Waals surface area contributed by atoms with E-state index in [2.05, 4.69) is 0 Å². The van der Waals surface area contributed by atoms with E-state index in [1.165, 1.54) is 21.4 Å². The lowest BCUT2D eigenvalue weighted by molar-refractivity contribution is -0.138. The highest BCUT2D eigenvalue weighted by molar-refractivity contribution is 5.27. The van der Waals surface area contributed by atoms with Gasteiger partial charge in [0.25, 0.3) is 11.1 Å². The first-order chi connectivity index (χ1) is 19.2. The van der Waals surface area contributed by atoms with Crippen LogP contribution in [-0.2, 0) is 23.8 Å². The molecule has 0 aromatic carbocycles. The molecule has 2 aliphatic heterocycles.